The predicted molar refractivity (Wildman–Crippen MR) is 159 cm³/mol. The lowest BCUT2D eigenvalue weighted by atomic mass is 9.73. The lowest BCUT2D eigenvalue weighted by molar-refractivity contribution is -0.0101. The molecular formula is C30H37F2N9O2S. The molecular weight excluding hydrogens is 588 g/mol. The van der Waals surface area contributed by atoms with Crippen LogP contribution in [0.3, 0.4) is 0 Å². The number of allylic oxidation sites excluding steroid dienone is 2. The van der Waals surface area contributed by atoms with E-state index in [-0.39, 0.29) is 43.1 Å². The first-order valence-corrected chi connectivity index (χ1v) is 16.9. The first kappa shape index (κ1) is 28.5. The third-order valence-corrected chi connectivity index (χ3v) is 13.2. The van der Waals surface area contributed by atoms with E-state index in [1.54, 1.807) is 0 Å². The maximum absolute atomic E-state index is 14.9. The first-order chi connectivity index (χ1) is 21.3. The molecule has 5 fully saturated rings. The molecule has 1 spiro atoms. The Balaban J connectivity index is 1.18. The molecule has 5 aliphatic heterocycles. The summed E-state index contributed by atoms with van der Waals surface area (Å²) in [6.07, 6.45) is 3.54. The van der Waals surface area contributed by atoms with Crippen LogP contribution in [-0.4, -0.2) is 98.5 Å². The van der Waals surface area contributed by atoms with Gasteiger partial charge in [0.05, 0.1) is 29.2 Å². The average molecular weight is 626 g/mol. The van der Waals surface area contributed by atoms with Gasteiger partial charge in [-0.1, -0.05) is 0 Å². The summed E-state index contributed by atoms with van der Waals surface area (Å²) >= 11 is 0. The van der Waals surface area contributed by atoms with Gasteiger partial charge in [0.25, 0.3) is 5.92 Å². The number of anilines is 1. The number of rotatable bonds is 7. The third kappa shape index (κ3) is 4.33. The Bertz CT molecular complexity index is 1530. The van der Waals surface area contributed by atoms with Crippen LogP contribution >= 0.6 is 10.9 Å². The van der Waals surface area contributed by atoms with E-state index in [1.807, 2.05) is 4.90 Å². The molecule has 4 saturated heterocycles. The van der Waals surface area contributed by atoms with E-state index in [1.165, 1.54) is 0 Å². The second-order valence-corrected chi connectivity index (χ2v) is 15.6. The van der Waals surface area contributed by atoms with E-state index in [4.69, 9.17) is 25.2 Å². The van der Waals surface area contributed by atoms with Gasteiger partial charge in [0, 0.05) is 69.7 Å². The van der Waals surface area contributed by atoms with Gasteiger partial charge in [0.1, 0.15) is 29.3 Å². The second kappa shape index (κ2) is 10.3. The van der Waals surface area contributed by atoms with Crippen molar-refractivity contribution in [2.45, 2.75) is 55.1 Å². The van der Waals surface area contributed by atoms with Crippen molar-refractivity contribution in [2.24, 2.45) is 16.6 Å². The fraction of sp³-hybridized carbons (Fsp3) is 0.667. The summed E-state index contributed by atoms with van der Waals surface area (Å²) < 4.78 is 41.4. The van der Waals surface area contributed by atoms with Gasteiger partial charge in [0.2, 0.25) is 0 Å². The molecule has 2 bridgehead atoms. The smallest absolute Gasteiger partial charge is 0.319 e. The van der Waals surface area contributed by atoms with E-state index >= 15 is 0 Å². The summed E-state index contributed by atoms with van der Waals surface area (Å²) in [6.45, 7) is 5.19. The number of nitriles is 2. The third-order valence-electron chi connectivity index (χ3n) is 10.7. The van der Waals surface area contributed by atoms with Gasteiger partial charge in [-0.15, -0.1) is 10.9 Å². The standard InChI is InChI=1S/C30H37F2N9O2S/c31-30(32)13-29(30,16-40-5-7-42-8-6-40)17-43-27-38-25(41-11-18-1-2-19(12-41)37-18)21(10-34)26(39-27)44-22-3-4-28(14-36-15-28)23(22)20(9-33)24(44)35/h18-19,36-37,44H,1-8,11-17,35H2/t18-,19+,29?. The molecule has 0 amide bonds. The fourth-order valence-electron chi connectivity index (χ4n) is 8.16. The number of aromatic nitrogens is 2. The van der Waals surface area contributed by atoms with Crippen LogP contribution in [0.1, 0.15) is 37.7 Å². The molecule has 7 aliphatic rings. The molecule has 2 unspecified atom stereocenters. The number of piperazine rings is 1. The maximum Gasteiger partial charge on any atom is 0.319 e. The topological polar surface area (TPSA) is 148 Å². The minimum Gasteiger partial charge on any atom is -0.462 e. The van der Waals surface area contributed by atoms with E-state index in [0.717, 1.165) is 49.3 Å². The summed E-state index contributed by atoms with van der Waals surface area (Å²) in [5.41, 5.74) is 7.22. The van der Waals surface area contributed by atoms with Gasteiger partial charge in [-0.3, -0.25) is 4.90 Å². The van der Waals surface area contributed by atoms with E-state index in [9.17, 15) is 19.3 Å². The lowest BCUT2D eigenvalue weighted by Gasteiger charge is -2.41. The summed E-state index contributed by atoms with van der Waals surface area (Å²) in [7, 11) is -1.44. The Hall–Kier alpha value is -3.01. The normalized spacial score (nSPS) is 34.1. The molecule has 14 heteroatoms. The van der Waals surface area contributed by atoms with Crippen LogP contribution in [0.15, 0.2) is 26.1 Å². The van der Waals surface area contributed by atoms with Crippen molar-refractivity contribution >= 4 is 16.7 Å². The van der Waals surface area contributed by atoms with E-state index in [0.29, 0.717) is 66.4 Å². The van der Waals surface area contributed by atoms with Crippen molar-refractivity contribution in [3.05, 3.63) is 26.6 Å². The quantitative estimate of drug-likeness (QED) is 0.259. The number of hydrogen-bond acceptors (Lipinski definition) is 11. The van der Waals surface area contributed by atoms with Crippen molar-refractivity contribution in [3.63, 3.8) is 0 Å². The number of nitrogens with one attached hydrogen (secondary N) is 2. The van der Waals surface area contributed by atoms with Gasteiger partial charge < -0.3 is 30.7 Å². The molecule has 1 saturated carbocycles. The molecule has 4 N–H and O–H groups in total. The molecule has 0 radical (unpaired) electrons. The van der Waals surface area contributed by atoms with Gasteiger partial charge in [0.15, 0.2) is 5.82 Å². The van der Waals surface area contributed by atoms with Crippen molar-refractivity contribution in [1.82, 2.24) is 25.5 Å². The molecule has 44 heavy (non-hydrogen) atoms. The largest absolute Gasteiger partial charge is 0.462 e. The summed E-state index contributed by atoms with van der Waals surface area (Å²) in [6, 6.07) is 5.32. The highest BCUT2D eigenvalue weighted by Crippen LogP contribution is 2.67. The Labute approximate surface area is 257 Å². The van der Waals surface area contributed by atoms with Gasteiger partial charge in [-0.25, -0.2) is 8.78 Å². The number of thiol groups is 1. The number of fused-ring (bicyclic) bond motifs is 3. The number of ether oxygens (including phenoxy) is 2. The van der Waals surface area contributed by atoms with Crippen LogP contribution in [0, 0.1) is 33.5 Å². The zero-order valence-electron chi connectivity index (χ0n) is 24.5. The molecule has 6 heterocycles. The molecule has 1 aromatic rings. The SMILES string of the molecule is N#CC1=C(N)[SH](c2nc(OCC3(CN4CCOCC4)CC3(F)F)nc(N3C[C@H]4CC[C@@H](C3)N4)c2C#N)C2=C1C1(CC2)CNC1. The summed E-state index contributed by atoms with van der Waals surface area (Å²) in [5, 5.41) is 28.7. The Kier molecular flexibility index (Phi) is 6.63. The number of halogens is 2. The van der Waals surface area contributed by atoms with Gasteiger partial charge in [-0.2, -0.15) is 20.5 Å². The van der Waals surface area contributed by atoms with Crippen molar-refractivity contribution in [1.29, 1.82) is 10.5 Å². The number of morpholine rings is 1. The van der Waals surface area contributed by atoms with Crippen LogP contribution < -0.4 is 26.0 Å². The maximum atomic E-state index is 14.9. The minimum atomic E-state index is -2.85. The number of hydrogen-bond donors (Lipinski definition) is 4. The van der Waals surface area contributed by atoms with Gasteiger partial charge >= 0.3 is 6.01 Å². The monoisotopic (exact) mass is 625 g/mol. The molecule has 2 aliphatic carbocycles. The highest BCUT2D eigenvalue weighted by atomic mass is 32.2. The second-order valence-electron chi connectivity index (χ2n) is 13.4. The minimum absolute atomic E-state index is 0.00943. The van der Waals surface area contributed by atoms with Crippen LogP contribution in [0.25, 0.3) is 0 Å². The zero-order valence-corrected chi connectivity index (χ0v) is 25.4. The van der Waals surface area contributed by atoms with E-state index in [2.05, 4.69) is 27.7 Å². The molecule has 1 aromatic heterocycles. The first-order valence-electron chi connectivity index (χ1n) is 15.5. The Morgan fingerprint density at radius 3 is 2.45 bits per heavy atom. The van der Waals surface area contributed by atoms with Crippen LogP contribution in [0.5, 0.6) is 6.01 Å². The van der Waals surface area contributed by atoms with Crippen LogP contribution in [0.2, 0.25) is 0 Å². The zero-order chi connectivity index (χ0) is 30.3. The predicted octanol–water partition coefficient (Wildman–Crippen LogP) is 1.73. The van der Waals surface area contributed by atoms with Crippen molar-refractivity contribution < 1.29 is 18.3 Å². The molecule has 8 rings (SSSR count). The van der Waals surface area contributed by atoms with Crippen molar-refractivity contribution in [2.75, 3.05) is 70.5 Å². The van der Waals surface area contributed by atoms with Crippen LogP contribution in [0.4, 0.5) is 14.6 Å². The fourth-order valence-corrected chi connectivity index (χ4v) is 10.8. The molecule has 4 atom stereocenters. The molecule has 11 nitrogen and oxygen atoms in total. The van der Waals surface area contributed by atoms with E-state index < -0.39 is 22.2 Å². The summed E-state index contributed by atoms with van der Waals surface area (Å²) in [5.74, 6) is -2.38. The number of alkyl halides is 2. The summed E-state index contributed by atoms with van der Waals surface area (Å²) in [4.78, 5) is 14.8. The highest BCUT2D eigenvalue weighted by molar-refractivity contribution is 8.24. The Morgan fingerprint density at radius 1 is 1.11 bits per heavy atom. The Morgan fingerprint density at radius 2 is 1.84 bits per heavy atom. The number of nitrogens with zero attached hydrogens (tertiary/aromatic N) is 6. The highest BCUT2D eigenvalue weighted by Gasteiger charge is 2.72. The van der Waals surface area contributed by atoms with Crippen molar-refractivity contribution in [3.8, 4) is 18.1 Å². The number of nitrogens with two attached hydrogens (primary N) is 1. The van der Waals surface area contributed by atoms with Crippen LogP contribution in [-0.2, 0) is 4.74 Å². The van der Waals surface area contributed by atoms with Gasteiger partial charge in [-0.05, 0) is 36.2 Å². The molecule has 0 aromatic carbocycles. The molecule has 234 valence electrons. The average Bonchev–Trinajstić information content (AvgIpc) is 3.32. The lowest BCUT2D eigenvalue weighted by Crippen LogP contribution is -2.53.